The summed E-state index contributed by atoms with van der Waals surface area (Å²) in [5, 5.41) is 8.86. The molecular formula is C19H19N3O2. The summed E-state index contributed by atoms with van der Waals surface area (Å²) in [5.74, 6) is 0.611. The average Bonchev–Trinajstić information content (AvgIpc) is 2.58. The van der Waals surface area contributed by atoms with E-state index in [0.717, 1.165) is 12.8 Å². The summed E-state index contributed by atoms with van der Waals surface area (Å²) in [6.45, 7) is 1.17. The molecule has 5 nitrogen and oxygen atoms in total. The van der Waals surface area contributed by atoms with Crippen molar-refractivity contribution in [1.82, 2.24) is 9.88 Å². The van der Waals surface area contributed by atoms with Gasteiger partial charge in [0, 0.05) is 18.7 Å². The minimum atomic E-state index is -0.0375. The molecule has 1 amide bonds. The zero-order chi connectivity index (χ0) is 16.8. The molecule has 0 aliphatic carbocycles. The van der Waals surface area contributed by atoms with Crippen LogP contribution in [0.4, 0.5) is 0 Å². The molecular weight excluding hydrogens is 302 g/mol. The lowest BCUT2D eigenvalue weighted by Crippen LogP contribution is -2.56. The summed E-state index contributed by atoms with van der Waals surface area (Å²) in [5.41, 5.74) is 1.78. The van der Waals surface area contributed by atoms with Gasteiger partial charge in [-0.25, -0.2) is 4.98 Å². The van der Waals surface area contributed by atoms with Gasteiger partial charge in [0.25, 0.3) is 0 Å². The summed E-state index contributed by atoms with van der Waals surface area (Å²) in [7, 11) is 0. The third-order valence-corrected chi connectivity index (χ3v) is 4.05. The number of carbonyl (C=O) groups is 1. The van der Waals surface area contributed by atoms with Crippen LogP contribution in [0.3, 0.4) is 0 Å². The van der Waals surface area contributed by atoms with Gasteiger partial charge in [-0.15, -0.1) is 0 Å². The normalized spacial score (nSPS) is 13.9. The molecule has 2 heterocycles. The summed E-state index contributed by atoms with van der Waals surface area (Å²) in [6, 6.07) is 15.5. The first-order chi connectivity index (χ1) is 11.7. The number of rotatable bonds is 6. The van der Waals surface area contributed by atoms with Crippen molar-refractivity contribution in [2.75, 3.05) is 13.1 Å². The van der Waals surface area contributed by atoms with Crippen molar-refractivity contribution in [3.8, 4) is 11.9 Å². The van der Waals surface area contributed by atoms with Crippen LogP contribution < -0.4 is 4.74 Å². The number of pyridine rings is 1. The molecule has 1 aliphatic rings. The Bertz CT molecular complexity index is 734. The summed E-state index contributed by atoms with van der Waals surface area (Å²) in [6.07, 6.45) is 3.86. The summed E-state index contributed by atoms with van der Waals surface area (Å²) in [4.78, 5) is 18.0. The highest BCUT2D eigenvalue weighted by Crippen LogP contribution is 2.18. The topological polar surface area (TPSA) is 66.2 Å². The van der Waals surface area contributed by atoms with Gasteiger partial charge in [0.15, 0.2) is 0 Å². The Labute approximate surface area is 141 Å². The quantitative estimate of drug-likeness (QED) is 0.820. The van der Waals surface area contributed by atoms with Crippen LogP contribution >= 0.6 is 0 Å². The van der Waals surface area contributed by atoms with E-state index in [1.165, 1.54) is 5.56 Å². The maximum Gasteiger partial charge on any atom is 0.222 e. The molecule has 122 valence electrons. The van der Waals surface area contributed by atoms with Crippen molar-refractivity contribution in [2.45, 2.75) is 25.4 Å². The number of nitrogens with zero attached hydrogens (tertiary/aromatic N) is 3. The summed E-state index contributed by atoms with van der Waals surface area (Å²) >= 11 is 0. The van der Waals surface area contributed by atoms with Gasteiger partial charge in [-0.3, -0.25) is 4.79 Å². The van der Waals surface area contributed by atoms with Gasteiger partial charge < -0.3 is 9.64 Å². The number of hydrogen-bond donors (Lipinski definition) is 0. The van der Waals surface area contributed by atoms with Crippen LogP contribution in [0.15, 0.2) is 48.7 Å². The zero-order valence-corrected chi connectivity index (χ0v) is 13.4. The molecule has 1 fully saturated rings. The van der Waals surface area contributed by atoms with Crippen molar-refractivity contribution in [3.63, 3.8) is 0 Å². The van der Waals surface area contributed by atoms with E-state index < -0.39 is 0 Å². The van der Waals surface area contributed by atoms with Crippen LogP contribution in [-0.4, -0.2) is 35.0 Å². The molecule has 0 atom stereocenters. The lowest BCUT2D eigenvalue weighted by molar-refractivity contribution is -0.140. The monoisotopic (exact) mass is 321 g/mol. The molecule has 5 heteroatoms. The van der Waals surface area contributed by atoms with Crippen LogP contribution in [0.25, 0.3) is 0 Å². The minimum Gasteiger partial charge on any atom is -0.471 e. The molecule has 1 aromatic carbocycles. The molecule has 24 heavy (non-hydrogen) atoms. The number of benzene rings is 1. The molecule has 2 aromatic rings. The Balaban J connectivity index is 1.38. The number of likely N-dealkylation sites (tertiary alicyclic amines) is 1. The minimum absolute atomic E-state index is 0.0375. The van der Waals surface area contributed by atoms with Crippen LogP contribution in [0.1, 0.15) is 24.0 Å². The Morgan fingerprint density at radius 1 is 1.29 bits per heavy atom. The molecule has 0 unspecified atom stereocenters. The van der Waals surface area contributed by atoms with Crippen LogP contribution in [-0.2, 0) is 11.2 Å². The number of hydrogen-bond acceptors (Lipinski definition) is 4. The Morgan fingerprint density at radius 2 is 2.08 bits per heavy atom. The summed E-state index contributed by atoms with van der Waals surface area (Å²) < 4.78 is 5.69. The van der Waals surface area contributed by atoms with E-state index in [1.807, 2.05) is 23.1 Å². The maximum absolute atomic E-state index is 12.1. The molecule has 0 N–H and O–H groups in total. The van der Waals surface area contributed by atoms with Crippen LogP contribution in [0, 0.1) is 11.3 Å². The number of nitriles is 1. The fourth-order valence-corrected chi connectivity index (χ4v) is 2.68. The van der Waals surface area contributed by atoms with Gasteiger partial charge in [-0.1, -0.05) is 30.3 Å². The number of carbonyl (C=O) groups excluding carboxylic acids is 1. The van der Waals surface area contributed by atoms with Crippen molar-refractivity contribution < 1.29 is 9.53 Å². The van der Waals surface area contributed by atoms with E-state index in [0.29, 0.717) is 31.0 Å². The Kier molecular flexibility index (Phi) is 5.07. The number of ether oxygens (including phenoxy) is 1. The molecule has 0 radical (unpaired) electrons. The number of aromatic nitrogens is 1. The SMILES string of the molecule is N#Cc1ccnc(OC2CN(C(=O)CCCc3ccccc3)C2)c1. The highest BCUT2D eigenvalue weighted by atomic mass is 16.5. The highest BCUT2D eigenvalue weighted by molar-refractivity contribution is 5.77. The zero-order valence-electron chi connectivity index (χ0n) is 13.4. The number of aryl methyl sites for hydroxylation is 1. The average molecular weight is 321 g/mol. The van der Waals surface area contributed by atoms with Gasteiger partial charge in [-0.2, -0.15) is 5.26 Å². The van der Waals surface area contributed by atoms with E-state index in [1.54, 1.807) is 18.3 Å². The van der Waals surface area contributed by atoms with Crippen molar-refractivity contribution in [3.05, 3.63) is 59.8 Å². The van der Waals surface area contributed by atoms with Crippen molar-refractivity contribution >= 4 is 5.91 Å². The van der Waals surface area contributed by atoms with E-state index in [4.69, 9.17) is 10.00 Å². The van der Waals surface area contributed by atoms with Gasteiger partial charge in [0.05, 0.1) is 24.7 Å². The predicted octanol–water partition coefficient (Wildman–Crippen LogP) is 2.57. The first-order valence-corrected chi connectivity index (χ1v) is 8.09. The van der Waals surface area contributed by atoms with E-state index in [2.05, 4.69) is 23.2 Å². The van der Waals surface area contributed by atoms with Gasteiger partial charge in [0.2, 0.25) is 11.8 Å². The van der Waals surface area contributed by atoms with E-state index in [9.17, 15) is 4.79 Å². The second-order valence-electron chi connectivity index (χ2n) is 5.87. The first kappa shape index (κ1) is 16.0. The number of amides is 1. The second kappa shape index (κ2) is 7.60. The molecule has 0 saturated carbocycles. The predicted molar refractivity (Wildman–Crippen MR) is 89.3 cm³/mol. The van der Waals surface area contributed by atoms with Crippen LogP contribution in [0.5, 0.6) is 5.88 Å². The molecule has 3 rings (SSSR count). The van der Waals surface area contributed by atoms with Crippen molar-refractivity contribution in [2.24, 2.45) is 0 Å². The van der Waals surface area contributed by atoms with Crippen LogP contribution in [0.2, 0.25) is 0 Å². The smallest absolute Gasteiger partial charge is 0.222 e. The molecule has 1 saturated heterocycles. The highest BCUT2D eigenvalue weighted by Gasteiger charge is 2.32. The lowest BCUT2D eigenvalue weighted by Gasteiger charge is -2.38. The standard InChI is InChI=1S/C19H19N3O2/c20-12-16-9-10-21-18(11-16)24-17-13-22(14-17)19(23)8-4-7-15-5-2-1-3-6-15/h1-3,5-6,9-11,17H,4,7-8,13-14H2. The molecule has 0 bridgehead atoms. The van der Waals surface area contributed by atoms with E-state index in [-0.39, 0.29) is 12.0 Å². The second-order valence-corrected chi connectivity index (χ2v) is 5.87. The molecule has 1 aromatic heterocycles. The molecule has 1 aliphatic heterocycles. The third-order valence-electron chi connectivity index (χ3n) is 4.05. The van der Waals surface area contributed by atoms with Gasteiger partial charge in [0.1, 0.15) is 6.10 Å². The lowest BCUT2D eigenvalue weighted by atomic mass is 10.1. The van der Waals surface area contributed by atoms with E-state index >= 15 is 0 Å². The van der Waals surface area contributed by atoms with Gasteiger partial charge in [-0.05, 0) is 24.5 Å². The fourth-order valence-electron chi connectivity index (χ4n) is 2.68. The van der Waals surface area contributed by atoms with Gasteiger partial charge >= 0.3 is 0 Å². The Morgan fingerprint density at radius 3 is 2.83 bits per heavy atom. The van der Waals surface area contributed by atoms with Crippen molar-refractivity contribution in [1.29, 1.82) is 5.26 Å². The maximum atomic E-state index is 12.1. The third kappa shape index (κ3) is 4.11. The molecule has 0 spiro atoms. The first-order valence-electron chi connectivity index (χ1n) is 8.09. The fraction of sp³-hybridized carbons (Fsp3) is 0.316. The largest absolute Gasteiger partial charge is 0.471 e. The Hall–Kier alpha value is -2.87.